The van der Waals surface area contributed by atoms with E-state index < -0.39 is 4.92 Å². The summed E-state index contributed by atoms with van der Waals surface area (Å²) >= 11 is 0. The normalized spacial score (nSPS) is 10.9. The van der Waals surface area contributed by atoms with Gasteiger partial charge in [0.25, 0.3) is 5.69 Å². The average Bonchev–Trinajstić information content (AvgIpc) is 3.24. The van der Waals surface area contributed by atoms with Gasteiger partial charge in [0.05, 0.1) is 4.92 Å². The third-order valence-electron chi connectivity index (χ3n) is 4.81. The smallest absolute Gasteiger partial charge is 0.269 e. The number of rotatable bonds is 10. The fourth-order valence-corrected chi connectivity index (χ4v) is 3.25. The Morgan fingerprint density at radius 2 is 1.81 bits per heavy atom. The van der Waals surface area contributed by atoms with Crippen molar-refractivity contribution in [2.45, 2.75) is 33.1 Å². The predicted octanol–water partition coefficient (Wildman–Crippen LogP) is 4.30. The highest BCUT2D eigenvalue weighted by Gasteiger charge is 2.17. The molecule has 0 atom stereocenters. The fourth-order valence-electron chi connectivity index (χ4n) is 3.25. The monoisotopic (exact) mass is 422 g/mol. The Bertz CT molecular complexity index is 1000. The van der Waals surface area contributed by atoms with Gasteiger partial charge in [-0.25, -0.2) is 0 Å². The molecule has 1 heterocycles. The summed E-state index contributed by atoms with van der Waals surface area (Å²) in [5.74, 6) is 1.25. The number of aromatic nitrogens is 2. The van der Waals surface area contributed by atoms with Crippen LogP contribution in [-0.4, -0.2) is 39.0 Å². The maximum atomic E-state index is 12.8. The van der Waals surface area contributed by atoms with Crippen molar-refractivity contribution in [3.63, 3.8) is 0 Å². The molecule has 3 rings (SSSR count). The van der Waals surface area contributed by atoms with Crippen molar-refractivity contribution in [3.05, 3.63) is 76.2 Å². The first kappa shape index (κ1) is 22.1. The van der Waals surface area contributed by atoms with Gasteiger partial charge in [-0.1, -0.05) is 49.3 Å². The summed E-state index contributed by atoms with van der Waals surface area (Å²) in [6.45, 7) is 5.32. The van der Waals surface area contributed by atoms with E-state index in [1.165, 1.54) is 12.1 Å². The number of aryl methyl sites for hydroxylation is 1. The minimum atomic E-state index is -0.455. The van der Waals surface area contributed by atoms with Gasteiger partial charge in [0.2, 0.25) is 17.6 Å². The Hall–Kier alpha value is -3.55. The first-order valence-corrected chi connectivity index (χ1v) is 10.3. The van der Waals surface area contributed by atoms with E-state index in [9.17, 15) is 14.9 Å². The molecular formula is C23H26N4O4. The lowest BCUT2D eigenvalue weighted by Crippen LogP contribution is -2.36. The van der Waals surface area contributed by atoms with Crippen molar-refractivity contribution in [2.75, 3.05) is 13.1 Å². The molecule has 0 saturated heterocycles. The minimum Gasteiger partial charge on any atom is -0.342 e. The second-order valence-electron chi connectivity index (χ2n) is 7.78. The molecule has 8 nitrogen and oxygen atoms in total. The van der Waals surface area contributed by atoms with Crippen LogP contribution in [0.5, 0.6) is 0 Å². The number of nitrogens with zero attached hydrogens (tertiary/aromatic N) is 4. The van der Waals surface area contributed by atoms with Crippen LogP contribution in [0, 0.1) is 16.0 Å². The molecule has 8 heteroatoms. The number of carbonyl (C=O) groups is 1. The number of nitro benzene ring substituents is 1. The van der Waals surface area contributed by atoms with E-state index in [1.807, 2.05) is 35.2 Å². The van der Waals surface area contributed by atoms with Gasteiger partial charge in [-0.2, -0.15) is 4.98 Å². The third-order valence-corrected chi connectivity index (χ3v) is 4.81. The molecule has 1 amide bonds. The van der Waals surface area contributed by atoms with Crippen LogP contribution in [-0.2, 0) is 17.6 Å². The highest BCUT2D eigenvalue weighted by molar-refractivity contribution is 5.76. The van der Waals surface area contributed by atoms with Crippen LogP contribution in [0.4, 0.5) is 5.69 Å². The molecule has 3 aromatic rings. The van der Waals surface area contributed by atoms with Crippen molar-refractivity contribution in [2.24, 2.45) is 5.92 Å². The summed E-state index contributed by atoms with van der Waals surface area (Å²) in [6, 6.07) is 16.0. The maximum Gasteiger partial charge on any atom is 0.269 e. The van der Waals surface area contributed by atoms with Crippen LogP contribution in [0.2, 0.25) is 0 Å². The Morgan fingerprint density at radius 1 is 1.10 bits per heavy atom. The molecule has 0 aliphatic carbocycles. The molecule has 0 aliphatic heterocycles. The van der Waals surface area contributed by atoms with Gasteiger partial charge in [0.15, 0.2) is 0 Å². The number of nitro groups is 1. The Balaban J connectivity index is 1.59. The first-order valence-electron chi connectivity index (χ1n) is 10.3. The lowest BCUT2D eigenvalue weighted by atomic mass is 10.1. The van der Waals surface area contributed by atoms with Crippen molar-refractivity contribution in [1.29, 1.82) is 0 Å². The molecule has 0 fully saturated rings. The third kappa shape index (κ3) is 6.47. The summed E-state index contributed by atoms with van der Waals surface area (Å²) in [6.07, 6.45) is 1.61. The van der Waals surface area contributed by atoms with Gasteiger partial charge >= 0.3 is 0 Å². The number of benzene rings is 2. The van der Waals surface area contributed by atoms with Crippen molar-refractivity contribution in [1.82, 2.24) is 15.0 Å². The van der Waals surface area contributed by atoms with Gasteiger partial charge in [-0.15, -0.1) is 0 Å². The van der Waals surface area contributed by atoms with E-state index in [2.05, 4.69) is 24.0 Å². The Labute approximate surface area is 181 Å². The number of amides is 1. The average molecular weight is 422 g/mol. The largest absolute Gasteiger partial charge is 0.342 e. The standard InChI is InChI=1S/C23H26N4O4/c1-17(2)16-26(22(28)13-8-18-6-4-3-5-7-18)15-14-21-24-23(25-31-21)19-9-11-20(12-10-19)27(29)30/h3-7,9-12,17H,8,13-16H2,1-2H3. The quantitative estimate of drug-likeness (QED) is 0.356. The number of non-ortho nitro benzene ring substituents is 1. The molecule has 1 aromatic heterocycles. The molecule has 0 N–H and O–H groups in total. The zero-order valence-electron chi connectivity index (χ0n) is 17.7. The lowest BCUT2D eigenvalue weighted by molar-refractivity contribution is -0.384. The van der Waals surface area contributed by atoms with Crippen LogP contribution >= 0.6 is 0 Å². The fraction of sp³-hybridized carbons (Fsp3) is 0.348. The van der Waals surface area contributed by atoms with E-state index >= 15 is 0 Å². The zero-order chi connectivity index (χ0) is 22.2. The Kier molecular flexibility index (Phi) is 7.48. The van der Waals surface area contributed by atoms with Gasteiger partial charge in [-0.3, -0.25) is 14.9 Å². The van der Waals surface area contributed by atoms with E-state index in [-0.39, 0.29) is 11.6 Å². The molecule has 0 bridgehead atoms. The zero-order valence-corrected chi connectivity index (χ0v) is 17.7. The summed E-state index contributed by atoms with van der Waals surface area (Å²) in [7, 11) is 0. The molecule has 0 aliphatic rings. The number of hydrogen-bond donors (Lipinski definition) is 0. The SMILES string of the molecule is CC(C)CN(CCc1nc(-c2ccc([N+](=O)[O-])cc2)no1)C(=O)CCc1ccccc1. The van der Waals surface area contributed by atoms with Crippen molar-refractivity contribution >= 4 is 11.6 Å². The van der Waals surface area contributed by atoms with Crippen LogP contribution < -0.4 is 0 Å². The van der Waals surface area contributed by atoms with Crippen molar-refractivity contribution < 1.29 is 14.2 Å². The summed E-state index contributed by atoms with van der Waals surface area (Å²) in [4.78, 5) is 29.3. The highest BCUT2D eigenvalue weighted by atomic mass is 16.6. The van der Waals surface area contributed by atoms with E-state index in [0.29, 0.717) is 55.5 Å². The summed E-state index contributed by atoms with van der Waals surface area (Å²) < 4.78 is 5.33. The molecule has 2 aromatic carbocycles. The molecule has 0 spiro atoms. The van der Waals surface area contributed by atoms with E-state index in [1.54, 1.807) is 12.1 Å². The summed E-state index contributed by atoms with van der Waals surface area (Å²) in [5.41, 5.74) is 1.79. The van der Waals surface area contributed by atoms with Crippen LogP contribution in [0.25, 0.3) is 11.4 Å². The van der Waals surface area contributed by atoms with Gasteiger partial charge in [-0.05, 0) is 30.0 Å². The van der Waals surface area contributed by atoms with Crippen LogP contribution in [0.1, 0.15) is 31.7 Å². The first-order chi connectivity index (χ1) is 14.9. The lowest BCUT2D eigenvalue weighted by Gasteiger charge is -2.24. The molecule has 162 valence electrons. The maximum absolute atomic E-state index is 12.8. The molecule has 0 unspecified atom stereocenters. The minimum absolute atomic E-state index is 0.00538. The molecular weight excluding hydrogens is 396 g/mol. The Morgan fingerprint density at radius 3 is 2.45 bits per heavy atom. The molecule has 0 radical (unpaired) electrons. The van der Waals surface area contributed by atoms with Gasteiger partial charge < -0.3 is 9.42 Å². The predicted molar refractivity (Wildman–Crippen MR) is 116 cm³/mol. The second-order valence-corrected chi connectivity index (χ2v) is 7.78. The van der Waals surface area contributed by atoms with Gasteiger partial charge in [0.1, 0.15) is 0 Å². The van der Waals surface area contributed by atoms with Crippen molar-refractivity contribution in [3.8, 4) is 11.4 Å². The van der Waals surface area contributed by atoms with E-state index in [0.717, 1.165) is 5.56 Å². The topological polar surface area (TPSA) is 102 Å². The van der Waals surface area contributed by atoms with E-state index in [4.69, 9.17) is 4.52 Å². The molecule has 0 saturated carbocycles. The second kappa shape index (κ2) is 10.5. The summed E-state index contributed by atoms with van der Waals surface area (Å²) in [5, 5.41) is 14.7. The molecule has 31 heavy (non-hydrogen) atoms. The number of hydrogen-bond acceptors (Lipinski definition) is 6. The highest BCUT2D eigenvalue weighted by Crippen LogP contribution is 2.20. The number of carbonyl (C=O) groups excluding carboxylic acids is 1. The van der Waals surface area contributed by atoms with Crippen LogP contribution in [0.3, 0.4) is 0 Å². The van der Waals surface area contributed by atoms with Gasteiger partial charge in [0, 0.05) is 43.6 Å². The van der Waals surface area contributed by atoms with Crippen LogP contribution in [0.15, 0.2) is 59.1 Å².